The molecule has 2 heterocycles. The van der Waals surface area contributed by atoms with Crippen LogP contribution >= 0.6 is 0 Å². The van der Waals surface area contributed by atoms with Crippen LogP contribution in [0, 0.1) is 11.6 Å². The summed E-state index contributed by atoms with van der Waals surface area (Å²) >= 11 is 0. The van der Waals surface area contributed by atoms with E-state index in [0.717, 1.165) is 69.8 Å². The van der Waals surface area contributed by atoms with Gasteiger partial charge in [-0.1, -0.05) is 18.6 Å². The lowest BCUT2D eigenvalue weighted by atomic mass is 10.1. The number of para-hydroxylation sites is 1. The molecular formula is C25H29F2N5O2. The number of aromatic amines is 1. The van der Waals surface area contributed by atoms with Crippen LogP contribution < -0.4 is 16.3 Å². The summed E-state index contributed by atoms with van der Waals surface area (Å²) in [6.45, 7) is 4.95. The molecule has 0 bridgehead atoms. The summed E-state index contributed by atoms with van der Waals surface area (Å²) in [6, 6.07) is 11.1. The molecule has 0 spiro atoms. The van der Waals surface area contributed by atoms with E-state index < -0.39 is 17.5 Å². The van der Waals surface area contributed by atoms with Gasteiger partial charge in [0.25, 0.3) is 5.91 Å². The van der Waals surface area contributed by atoms with Crippen LogP contribution in [-0.4, -0.2) is 53.1 Å². The molecule has 1 fully saturated rings. The van der Waals surface area contributed by atoms with Crippen molar-refractivity contribution in [3.8, 4) is 11.3 Å². The lowest BCUT2D eigenvalue weighted by molar-refractivity contribution is 0.100. The van der Waals surface area contributed by atoms with E-state index in [4.69, 9.17) is 5.73 Å². The molecule has 1 saturated heterocycles. The van der Waals surface area contributed by atoms with Crippen molar-refractivity contribution in [3.63, 3.8) is 0 Å². The van der Waals surface area contributed by atoms with E-state index in [1.54, 1.807) is 10.6 Å². The number of benzene rings is 2. The average molecular weight is 470 g/mol. The monoisotopic (exact) mass is 469 g/mol. The number of imidazole rings is 1. The first kappa shape index (κ1) is 23.7. The number of halogens is 2. The zero-order valence-electron chi connectivity index (χ0n) is 19.0. The standard InChI is InChI=1S/C25H29F2N5O2/c26-20-9-8-18(16-21(20)27)23-17-29-25(34)32(23)11-5-1-4-10-30-12-14-31(15-13-30)22-7-3-2-6-19(22)24(28)33/h2-3,6-9,16-17H,1,4-5,10-15H2,(H2,28,33)(H,29,34). The van der Waals surface area contributed by atoms with Crippen LogP contribution in [0.3, 0.4) is 0 Å². The number of carbonyl (C=O) groups excluding carboxylic acids is 1. The molecule has 9 heteroatoms. The van der Waals surface area contributed by atoms with Gasteiger partial charge in [-0.15, -0.1) is 0 Å². The van der Waals surface area contributed by atoms with Crippen LogP contribution in [0.4, 0.5) is 14.5 Å². The minimum atomic E-state index is -0.934. The zero-order valence-corrected chi connectivity index (χ0v) is 19.0. The molecule has 2 aromatic carbocycles. The number of nitrogens with one attached hydrogen (secondary N) is 1. The summed E-state index contributed by atoms with van der Waals surface area (Å²) in [4.78, 5) is 31.1. The third-order valence-corrected chi connectivity index (χ3v) is 6.32. The number of piperazine rings is 1. The van der Waals surface area contributed by atoms with E-state index in [-0.39, 0.29) is 5.69 Å². The fourth-order valence-corrected chi connectivity index (χ4v) is 4.46. The minimum Gasteiger partial charge on any atom is -0.368 e. The molecule has 3 N–H and O–H groups in total. The molecule has 0 saturated carbocycles. The van der Waals surface area contributed by atoms with Gasteiger partial charge in [0.2, 0.25) is 0 Å². The van der Waals surface area contributed by atoms with Gasteiger partial charge in [-0.25, -0.2) is 13.6 Å². The van der Waals surface area contributed by atoms with Crippen LogP contribution in [0.5, 0.6) is 0 Å². The van der Waals surface area contributed by atoms with Gasteiger partial charge in [0.1, 0.15) is 0 Å². The number of amides is 1. The fourth-order valence-electron chi connectivity index (χ4n) is 4.46. The van der Waals surface area contributed by atoms with Crippen molar-refractivity contribution in [1.82, 2.24) is 14.5 Å². The van der Waals surface area contributed by atoms with Crippen molar-refractivity contribution >= 4 is 11.6 Å². The van der Waals surface area contributed by atoms with E-state index in [9.17, 15) is 18.4 Å². The maximum Gasteiger partial charge on any atom is 0.325 e. The summed E-state index contributed by atoms with van der Waals surface area (Å²) in [7, 11) is 0. The van der Waals surface area contributed by atoms with E-state index >= 15 is 0 Å². The number of unbranched alkanes of at least 4 members (excludes halogenated alkanes) is 2. The Morgan fingerprint density at radius 3 is 2.41 bits per heavy atom. The van der Waals surface area contributed by atoms with Crippen molar-refractivity contribution in [2.75, 3.05) is 37.6 Å². The summed E-state index contributed by atoms with van der Waals surface area (Å²) in [5.41, 5.74) is 7.72. The normalized spacial score (nSPS) is 14.5. The Morgan fingerprint density at radius 1 is 0.941 bits per heavy atom. The summed E-state index contributed by atoms with van der Waals surface area (Å²) in [5.74, 6) is -2.26. The molecule has 180 valence electrons. The Labute approximate surface area is 196 Å². The van der Waals surface area contributed by atoms with E-state index in [1.165, 1.54) is 12.3 Å². The number of aromatic nitrogens is 2. The van der Waals surface area contributed by atoms with Crippen molar-refractivity contribution in [2.45, 2.75) is 25.8 Å². The second-order valence-corrected chi connectivity index (χ2v) is 8.53. The molecule has 4 rings (SSSR count). The van der Waals surface area contributed by atoms with Gasteiger partial charge in [0, 0.05) is 50.2 Å². The Bertz CT molecular complexity index is 1200. The number of anilines is 1. The number of nitrogens with two attached hydrogens (primary N) is 1. The van der Waals surface area contributed by atoms with Gasteiger partial charge in [0.05, 0.1) is 11.3 Å². The quantitative estimate of drug-likeness (QED) is 0.471. The molecule has 0 atom stereocenters. The van der Waals surface area contributed by atoms with Crippen LogP contribution in [0.15, 0.2) is 53.5 Å². The average Bonchev–Trinajstić information content (AvgIpc) is 3.21. The smallest absolute Gasteiger partial charge is 0.325 e. The number of rotatable bonds is 9. The number of hydrogen-bond acceptors (Lipinski definition) is 4. The molecule has 34 heavy (non-hydrogen) atoms. The zero-order chi connectivity index (χ0) is 24.1. The number of primary amides is 1. The molecular weight excluding hydrogens is 440 g/mol. The molecule has 1 aliphatic rings. The molecule has 0 radical (unpaired) electrons. The van der Waals surface area contributed by atoms with Crippen molar-refractivity contribution < 1.29 is 13.6 Å². The van der Waals surface area contributed by atoms with Gasteiger partial charge >= 0.3 is 5.69 Å². The number of carbonyl (C=O) groups is 1. The molecule has 1 aliphatic heterocycles. The van der Waals surface area contributed by atoms with Crippen LogP contribution in [0.25, 0.3) is 11.3 Å². The molecule has 0 unspecified atom stereocenters. The number of H-pyrrole nitrogens is 1. The molecule has 1 amide bonds. The predicted molar refractivity (Wildman–Crippen MR) is 128 cm³/mol. The maximum atomic E-state index is 13.6. The van der Waals surface area contributed by atoms with Crippen LogP contribution in [-0.2, 0) is 6.54 Å². The van der Waals surface area contributed by atoms with Crippen LogP contribution in [0.2, 0.25) is 0 Å². The highest BCUT2D eigenvalue weighted by atomic mass is 19.2. The first-order valence-corrected chi connectivity index (χ1v) is 11.5. The van der Waals surface area contributed by atoms with E-state index in [0.29, 0.717) is 23.4 Å². The Kier molecular flexibility index (Phi) is 7.42. The second-order valence-electron chi connectivity index (χ2n) is 8.53. The lowest BCUT2D eigenvalue weighted by Crippen LogP contribution is -2.47. The highest BCUT2D eigenvalue weighted by molar-refractivity contribution is 5.98. The predicted octanol–water partition coefficient (Wildman–Crippen LogP) is 3.21. The molecule has 0 aliphatic carbocycles. The number of hydrogen-bond donors (Lipinski definition) is 2. The summed E-state index contributed by atoms with van der Waals surface area (Å²) < 4.78 is 28.4. The third-order valence-electron chi connectivity index (χ3n) is 6.32. The van der Waals surface area contributed by atoms with Crippen molar-refractivity contribution in [3.05, 3.63) is 76.3 Å². The highest BCUT2D eigenvalue weighted by Gasteiger charge is 2.20. The topological polar surface area (TPSA) is 87.4 Å². The largest absolute Gasteiger partial charge is 0.368 e. The van der Waals surface area contributed by atoms with Crippen molar-refractivity contribution in [2.24, 2.45) is 5.73 Å². The van der Waals surface area contributed by atoms with Crippen molar-refractivity contribution in [1.29, 1.82) is 0 Å². The van der Waals surface area contributed by atoms with Gasteiger partial charge in [-0.05, 0) is 49.7 Å². The minimum absolute atomic E-state index is 0.257. The third kappa shape index (κ3) is 5.36. The first-order chi connectivity index (χ1) is 16.4. The van der Waals surface area contributed by atoms with Crippen LogP contribution in [0.1, 0.15) is 29.6 Å². The molecule has 1 aromatic heterocycles. The van der Waals surface area contributed by atoms with E-state index in [2.05, 4.69) is 14.8 Å². The van der Waals surface area contributed by atoms with Gasteiger partial charge in [-0.3, -0.25) is 14.3 Å². The second kappa shape index (κ2) is 10.6. The van der Waals surface area contributed by atoms with Gasteiger partial charge < -0.3 is 15.6 Å². The molecule has 3 aromatic rings. The fraction of sp³-hybridized carbons (Fsp3) is 0.360. The highest BCUT2D eigenvalue weighted by Crippen LogP contribution is 2.22. The summed E-state index contributed by atoms with van der Waals surface area (Å²) in [6.07, 6.45) is 4.28. The molecule has 7 nitrogen and oxygen atoms in total. The Hall–Kier alpha value is -3.46. The Morgan fingerprint density at radius 2 is 1.68 bits per heavy atom. The maximum absolute atomic E-state index is 13.6. The Balaban J connectivity index is 1.23. The first-order valence-electron chi connectivity index (χ1n) is 11.5. The number of nitrogens with zero attached hydrogens (tertiary/aromatic N) is 3. The van der Waals surface area contributed by atoms with E-state index in [1.807, 2.05) is 18.2 Å². The SMILES string of the molecule is NC(=O)c1ccccc1N1CCN(CCCCCn2c(-c3ccc(F)c(F)c3)c[nH]c2=O)CC1. The van der Waals surface area contributed by atoms with Gasteiger partial charge in [-0.2, -0.15) is 0 Å². The summed E-state index contributed by atoms with van der Waals surface area (Å²) in [5, 5.41) is 0. The van der Waals surface area contributed by atoms with Gasteiger partial charge in [0.15, 0.2) is 11.6 Å². The lowest BCUT2D eigenvalue weighted by Gasteiger charge is -2.36.